The number of hydrogen-bond acceptors (Lipinski definition) is 5. The van der Waals surface area contributed by atoms with Gasteiger partial charge >= 0.3 is 5.97 Å². The summed E-state index contributed by atoms with van der Waals surface area (Å²) in [7, 11) is -3.55. The van der Waals surface area contributed by atoms with Gasteiger partial charge < -0.3 is 9.84 Å². The minimum atomic E-state index is -3.55. The van der Waals surface area contributed by atoms with Gasteiger partial charge in [0.1, 0.15) is 0 Å². The Bertz CT molecular complexity index is 358. The molecule has 0 aromatic rings. The van der Waals surface area contributed by atoms with E-state index in [0.29, 0.717) is 0 Å². The first kappa shape index (κ1) is 17.3. The maximum absolute atomic E-state index is 12.0. The van der Waals surface area contributed by atoms with E-state index in [1.807, 2.05) is 0 Å². The Hall–Kier alpha value is -0.660. The summed E-state index contributed by atoms with van der Waals surface area (Å²) >= 11 is 0. The summed E-state index contributed by atoms with van der Waals surface area (Å²) in [6.45, 7) is 6.93. The van der Waals surface area contributed by atoms with E-state index in [-0.39, 0.29) is 31.9 Å². The number of nitrogens with zero attached hydrogens (tertiary/aromatic N) is 1. The third-order valence-corrected chi connectivity index (χ3v) is 4.07. The van der Waals surface area contributed by atoms with Crippen LogP contribution in [-0.2, 0) is 19.6 Å². The summed E-state index contributed by atoms with van der Waals surface area (Å²) in [6.07, 6.45) is -0.168. The number of carbonyl (C=O) groups is 1. The van der Waals surface area contributed by atoms with Crippen LogP contribution < -0.4 is 0 Å². The van der Waals surface area contributed by atoms with Crippen molar-refractivity contribution < 1.29 is 23.1 Å². The third kappa shape index (κ3) is 6.93. The number of esters is 1. The topological polar surface area (TPSA) is 83.9 Å². The van der Waals surface area contributed by atoms with Crippen molar-refractivity contribution in [2.45, 2.75) is 39.7 Å². The molecular formula is C11H23NO5S. The molecule has 7 heteroatoms. The van der Waals surface area contributed by atoms with Crippen LogP contribution in [0.3, 0.4) is 0 Å². The van der Waals surface area contributed by atoms with E-state index in [4.69, 9.17) is 0 Å². The summed E-state index contributed by atoms with van der Waals surface area (Å²) < 4.78 is 29.8. The molecule has 0 fully saturated rings. The lowest BCUT2D eigenvalue weighted by Crippen LogP contribution is -2.43. The minimum absolute atomic E-state index is 0.00859. The summed E-state index contributed by atoms with van der Waals surface area (Å²) in [5.74, 6) is -0.823. The molecule has 0 spiro atoms. The zero-order valence-electron chi connectivity index (χ0n) is 11.5. The number of rotatable bonds is 8. The summed E-state index contributed by atoms with van der Waals surface area (Å²) in [4.78, 5) is 11.1. The number of likely N-dealkylation sites (N-methyl/N-ethyl adjacent to an activating group) is 1. The molecular weight excluding hydrogens is 258 g/mol. The molecule has 6 nitrogen and oxygen atoms in total. The number of sulfonamides is 1. The van der Waals surface area contributed by atoms with Gasteiger partial charge in [-0.15, -0.1) is 0 Å². The van der Waals surface area contributed by atoms with Gasteiger partial charge in [0.05, 0.1) is 24.4 Å². The number of ether oxygens (including phenoxy) is 1. The van der Waals surface area contributed by atoms with Crippen molar-refractivity contribution in [1.29, 1.82) is 0 Å². The fourth-order valence-corrected chi connectivity index (χ4v) is 3.00. The Labute approximate surface area is 109 Å². The molecule has 1 N–H and O–H groups in total. The molecule has 0 rings (SSSR count). The highest BCUT2D eigenvalue weighted by molar-refractivity contribution is 7.89. The van der Waals surface area contributed by atoms with Crippen LogP contribution in [0.2, 0.25) is 0 Å². The molecule has 0 saturated carbocycles. The van der Waals surface area contributed by atoms with Gasteiger partial charge in [0, 0.05) is 13.1 Å². The first-order valence-electron chi connectivity index (χ1n) is 5.98. The summed E-state index contributed by atoms with van der Waals surface area (Å²) in [5, 5.41) is 9.65. The molecule has 0 saturated heterocycles. The zero-order chi connectivity index (χ0) is 14.4. The first-order chi connectivity index (χ1) is 8.12. The molecule has 0 bridgehead atoms. The van der Waals surface area contributed by atoms with Crippen LogP contribution in [0.15, 0.2) is 0 Å². The highest BCUT2D eigenvalue weighted by Gasteiger charge is 2.27. The van der Waals surface area contributed by atoms with Crippen molar-refractivity contribution in [2.24, 2.45) is 0 Å². The highest BCUT2D eigenvalue weighted by Crippen LogP contribution is 2.10. The van der Waals surface area contributed by atoms with E-state index < -0.39 is 21.6 Å². The summed E-state index contributed by atoms with van der Waals surface area (Å²) in [6, 6.07) is 0. The number of hydrogen-bond donors (Lipinski definition) is 1. The maximum atomic E-state index is 12.0. The Morgan fingerprint density at radius 3 is 2.28 bits per heavy atom. The van der Waals surface area contributed by atoms with E-state index in [0.717, 1.165) is 0 Å². The second-order valence-corrected chi connectivity index (χ2v) is 6.70. The minimum Gasteiger partial charge on any atom is -0.466 e. The van der Waals surface area contributed by atoms with Crippen LogP contribution in [0, 0.1) is 0 Å². The summed E-state index contributed by atoms with van der Waals surface area (Å²) in [5.41, 5.74) is -1.10. The fraction of sp³-hybridized carbons (Fsp3) is 0.909. The standard InChI is InChI=1S/C11H23NO5S/c1-5-12(9-11(3,4)14)18(15,16)8-7-10(13)17-6-2/h14H,5-9H2,1-4H3. The van der Waals surface area contributed by atoms with Crippen molar-refractivity contribution in [1.82, 2.24) is 4.31 Å². The quantitative estimate of drug-likeness (QED) is 0.650. The molecule has 0 heterocycles. The Morgan fingerprint density at radius 2 is 1.89 bits per heavy atom. The van der Waals surface area contributed by atoms with E-state index in [1.165, 1.54) is 18.2 Å². The predicted octanol–water partition coefficient (Wildman–Crippen LogP) is 0.362. The molecule has 0 amide bonds. The van der Waals surface area contributed by atoms with Crippen LogP contribution in [0.1, 0.15) is 34.1 Å². The van der Waals surface area contributed by atoms with Crippen molar-refractivity contribution in [3.8, 4) is 0 Å². The van der Waals surface area contributed by atoms with Crippen LogP contribution in [-0.4, -0.2) is 54.8 Å². The van der Waals surface area contributed by atoms with Gasteiger partial charge in [-0.3, -0.25) is 4.79 Å². The van der Waals surface area contributed by atoms with Crippen LogP contribution in [0.5, 0.6) is 0 Å². The molecule has 0 aromatic carbocycles. The van der Waals surface area contributed by atoms with Crippen LogP contribution in [0.4, 0.5) is 0 Å². The van der Waals surface area contributed by atoms with E-state index >= 15 is 0 Å². The lowest BCUT2D eigenvalue weighted by molar-refractivity contribution is -0.142. The highest BCUT2D eigenvalue weighted by atomic mass is 32.2. The van der Waals surface area contributed by atoms with Crippen LogP contribution >= 0.6 is 0 Å². The molecule has 0 aromatic heterocycles. The van der Waals surface area contributed by atoms with E-state index in [2.05, 4.69) is 4.74 Å². The van der Waals surface area contributed by atoms with Gasteiger partial charge in [-0.25, -0.2) is 8.42 Å². The number of aliphatic hydroxyl groups is 1. The van der Waals surface area contributed by atoms with Crippen molar-refractivity contribution in [2.75, 3.05) is 25.4 Å². The molecule has 0 unspecified atom stereocenters. The Morgan fingerprint density at radius 1 is 1.33 bits per heavy atom. The Balaban J connectivity index is 4.54. The van der Waals surface area contributed by atoms with Crippen LogP contribution in [0.25, 0.3) is 0 Å². The first-order valence-corrected chi connectivity index (χ1v) is 7.59. The fourth-order valence-electron chi connectivity index (χ4n) is 1.41. The van der Waals surface area contributed by atoms with Gasteiger partial charge in [0.25, 0.3) is 0 Å². The lowest BCUT2D eigenvalue weighted by atomic mass is 10.1. The average Bonchev–Trinajstić information content (AvgIpc) is 2.22. The maximum Gasteiger partial charge on any atom is 0.306 e. The van der Waals surface area contributed by atoms with Gasteiger partial charge in [0.15, 0.2) is 0 Å². The second kappa shape index (κ2) is 7.06. The lowest BCUT2D eigenvalue weighted by Gasteiger charge is -2.27. The van der Waals surface area contributed by atoms with Gasteiger partial charge in [-0.1, -0.05) is 6.92 Å². The largest absolute Gasteiger partial charge is 0.466 e. The molecule has 0 aliphatic rings. The molecule has 0 atom stereocenters. The van der Waals surface area contributed by atoms with Crippen molar-refractivity contribution in [3.05, 3.63) is 0 Å². The molecule has 0 radical (unpaired) electrons. The van der Waals surface area contributed by atoms with Gasteiger partial charge in [-0.05, 0) is 20.8 Å². The number of carbonyl (C=O) groups excluding carboxylic acids is 1. The predicted molar refractivity (Wildman–Crippen MR) is 68.6 cm³/mol. The molecule has 108 valence electrons. The Kier molecular flexibility index (Phi) is 6.80. The third-order valence-electron chi connectivity index (χ3n) is 2.18. The zero-order valence-corrected chi connectivity index (χ0v) is 12.3. The normalized spacial score (nSPS) is 12.8. The van der Waals surface area contributed by atoms with Crippen molar-refractivity contribution >= 4 is 16.0 Å². The second-order valence-electron chi connectivity index (χ2n) is 4.61. The molecule has 0 aliphatic carbocycles. The van der Waals surface area contributed by atoms with Gasteiger partial charge in [-0.2, -0.15) is 4.31 Å². The van der Waals surface area contributed by atoms with Gasteiger partial charge in [0.2, 0.25) is 10.0 Å². The van der Waals surface area contributed by atoms with E-state index in [9.17, 15) is 18.3 Å². The SMILES string of the molecule is CCOC(=O)CCS(=O)(=O)N(CC)CC(C)(C)O. The molecule has 18 heavy (non-hydrogen) atoms. The van der Waals surface area contributed by atoms with E-state index in [1.54, 1.807) is 13.8 Å². The van der Waals surface area contributed by atoms with Crippen molar-refractivity contribution in [3.63, 3.8) is 0 Å². The average molecular weight is 281 g/mol. The molecule has 0 aliphatic heterocycles. The smallest absolute Gasteiger partial charge is 0.306 e. The monoisotopic (exact) mass is 281 g/mol.